The van der Waals surface area contributed by atoms with Crippen molar-refractivity contribution in [3.63, 3.8) is 0 Å². The van der Waals surface area contributed by atoms with E-state index in [2.05, 4.69) is 10.3 Å². The van der Waals surface area contributed by atoms with Gasteiger partial charge in [-0.2, -0.15) is 13.2 Å². The van der Waals surface area contributed by atoms with Crippen LogP contribution in [-0.4, -0.2) is 10.9 Å². The third kappa shape index (κ3) is 6.00. The van der Waals surface area contributed by atoms with Crippen molar-refractivity contribution in [3.8, 4) is 0 Å². The molecule has 0 radical (unpaired) electrons. The summed E-state index contributed by atoms with van der Waals surface area (Å²) in [5.41, 5.74) is 3.61. The SMILES string of the molecule is NC(=O)c1cc(CN[C@@](Cc2ccccc2)(c2cc(F)cc(C(F)(F)F)c2)c2ccc(Cl)cn2)ccc1F. The maximum atomic E-state index is 14.7. The Kier molecular flexibility index (Phi) is 7.80. The van der Waals surface area contributed by atoms with Crippen LogP contribution >= 0.6 is 11.6 Å². The molecule has 0 aliphatic heterocycles. The van der Waals surface area contributed by atoms with Gasteiger partial charge >= 0.3 is 6.18 Å². The maximum absolute atomic E-state index is 14.7. The lowest BCUT2D eigenvalue weighted by molar-refractivity contribution is -0.137. The lowest BCUT2D eigenvalue weighted by Gasteiger charge is -2.36. The predicted octanol–water partition coefficient (Wildman–Crippen LogP) is 6.41. The number of halogens is 6. The Labute approximate surface area is 220 Å². The van der Waals surface area contributed by atoms with E-state index < -0.39 is 34.8 Å². The molecule has 1 amide bonds. The van der Waals surface area contributed by atoms with Crippen LogP contribution in [0.15, 0.2) is 85.1 Å². The molecule has 0 aliphatic rings. The zero-order chi connectivity index (χ0) is 27.5. The van der Waals surface area contributed by atoms with Gasteiger partial charge in [-0.25, -0.2) is 8.78 Å². The van der Waals surface area contributed by atoms with Crippen molar-refractivity contribution in [1.29, 1.82) is 0 Å². The quantitative estimate of drug-likeness (QED) is 0.252. The Morgan fingerprint density at radius 2 is 1.61 bits per heavy atom. The minimum Gasteiger partial charge on any atom is -0.366 e. The van der Waals surface area contributed by atoms with Crippen molar-refractivity contribution in [3.05, 3.63) is 135 Å². The minimum atomic E-state index is -4.81. The van der Waals surface area contributed by atoms with Crippen LogP contribution in [0, 0.1) is 11.6 Å². The Morgan fingerprint density at radius 3 is 2.24 bits per heavy atom. The normalized spacial score (nSPS) is 13.2. The molecule has 0 bridgehead atoms. The fourth-order valence-electron chi connectivity index (χ4n) is 4.25. The molecule has 0 unspecified atom stereocenters. The zero-order valence-electron chi connectivity index (χ0n) is 19.7. The van der Waals surface area contributed by atoms with Crippen molar-refractivity contribution in [1.82, 2.24) is 10.3 Å². The first-order valence-electron chi connectivity index (χ1n) is 11.4. The highest BCUT2D eigenvalue weighted by Crippen LogP contribution is 2.38. The summed E-state index contributed by atoms with van der Waals surface area (Å²) < 4.78 is 69.9. The lowest BCUT2D eigenvalue weighted by Crippen LogP contribution is -2.46. The van der Waals surface area contributed by atoms with E-state index in [0.717, 1.165) is 18.2 Å². The van der Waals surface area contributed by atoms with E-state index in [4.69, 9.17) is 17.3 Å². The third-order valence-corrected chi connectivity index (χ3v) is 6.31. The molecule has 38 heavy (non-hydrogen) atoms. The first-order chi connectivity index (χ1) is 18.0. The number of nitrogens with one attached hydrogen (secondary N) is 1. The number of benzene rings is 3. The number of amides is 1. The van der Waals surface area contributed by atoms with Gasteiger partial charge in [0.15, 0.2) is 0 Å². The summed E-state index contributed by atoms with van der Waals surface area (Å²) in [7, 11) is 0. The zero-order valence-corrected chi connectivity index (χ0v) is 20.5. The highest BCUT2D eigenvalue weighted by atomic mass is 35.5. The maximum Gasteiger partial charge on any atom is 0.416 e. The van der Waals surface area contributed by atoms with Crippen LogP contribution in [0.3, 0.4) is 0 Å². The van der Waals surface area contributed by atoms with E-state index in [-0.39, 0.29) is 29.8 Å². The van der Waals surface area contributed by atoms with E-state index in [0.29, 0.717) is 22.2 Å². The molecule has 0 aliphatic carbocycles. The van der Waals surface area contributed by atoms with Gasteiger partial charge in [-0.05, 0) is 59.2 Å². The number of primary amides is 1. The van der Waals surface area contributed by atoms with Gasteiger partial charge in [0.05, 0.1) is 27.4 Å². The van der Waals surface area contributed by atoms with Crippen molar-refractivity contribution in [2.75, 3.05) is 0 Å². The number of carbonyl (C=O) groups is 1. The summed E-state index contributed by atoms with van der Waals surface area (Å²) in [6, 6.07) is 18.0. The van der Waals surface area contributed by atoms with Gasteiger partial charge in [0.25, 0.3) is 5.91 Å². The van der Waals surface area contributed by atoms with Gasteiger partial charge in [0.1, 0.15) is 11.6 Å². The van der Waals surface area contributed by atoms with Crippen LogP contribution < -0.4 is 11.1 Å². The molecule has 0 saturated heterocycles. The summed E-state index contributed by atoms with van der Waals surface area (Å²) >= 11 is 6.04. The molecule has 196 valence electrons. The summed E-state index contributed by atoms with van der Waals surface area (Å²) in [6.07, 6.45) is -3.41. The molecule has 4 rings (SSSR count). The van der Waals surface area contributed by atoms with Gasteiger partial charge in [-0.15, -0.1) is 0 Å². The van der Waals surface area contributed by atoms with E-state index in [1.165, 1.54) is 30.5 Å². The first kappa shape index (κ1) is 27.2. The van der Waals surface area contributed by atoms with Crippen LogP contribution in [-0.2, 0) is 24.7 Å². The van der Waals surface area contributed by atoms with Crippen molar-refractivity contribution >= 4 is 17.5 Å². The van der Waals surface area contributed by atoms with Gasteiger partial charge < -0.3 is 5.73 Å². The summed E-state index contributed by atoms with van der Waals surface area (Å²) in [6.45, 7) is -0.0600. The molecule has 0 saturated carbocycles. The average molecular weight is 546 g/mol. The fraction of sp³-hybridized carbons (Fsp3) is 0.143. The number of carbonyl (C=O) groups excluding carboxylic acids is 1. The Bertz CT molecular complexity index is 1450. The Hall–Kier alpha value is -3.82. The molecule has 1 atom stereocenters. The van der Waals surface area contributed by atoms with Crippen LogP contribution in [0.4, 0.5) is 22.0 Å². The fourth-order valence-corrected chi connectivity index (χ4v) is 4.36. The highest BCUT2D eigenvalue weighted by Gasteiger charge is 2.39. The van der Waals surface area contributed by atoms with Crippen molar-refractivity contribution in [2.24, 2.45) is 5.73 Å². The van der Waals surface area contributed by atoms with Crippen LogP contribution in [0.1, 0.15) is 38.3 Å². The second-order valence-electron chi connectivity index (χ2n) is 8.69. The van der Waals surface area contributed by atoms with E-state index in [1.807, 2.05) is 0 Å². The number of rotatable bonds is 8. The molecule has 3 aromatic carbocycles. The molecule has 0 spiro atoms. The second-order valence-corrected chi connectivity index (χ2v) is 9.12. The minimum absolute atomic E-state index is 0.0410. The number of nitrogens with two attached hydrogens (primary N) is 1. The van der Waals surface area contributed by atoms with Gasteiger partial charge in [-0.3, -0.25) is 15.1 Å². The van der Waals surface area contributed by atoms with Gasteiger partial charge in [-0.1, -0.05) is 48.0 Å². The van der Waals surface area contributed by atoms with Crippen LogP contribution in [0.25, 0.3) is 0 Å². The van der Waals surface area contributed by atoms with Crippen molar-refractivity contribution < 1.29 is 26.7 Å². The van der Waals surface area contributed by atoms with Crippen LogP contribution in [0.2, 0.25) is 5.02 Å². The van der Waals surface area contributed by atoms with E-state index in [9.17, 15) is 26.7 Å². The molecule has 0 fully saturated rings. The molecule has 4 nitrogen and oxygen atoms in total. The number of pyridine rings is 1. The van der Waals surface area contributed by atoms with Crippen molar-refractivity contribution in [2.45, 2.75) is 24.7 Å². The Balaban J connectivity index is 1.92. The third-order valence-electron chi connectivity index (χ3n) is 6.09. The van der Waals surface area contributed by atoms with E-state index >= 15 is 0 Å². The number of nitrogens with zero attached hydrogens (tertiary/aromatic N) is 1. The predicted molar refractivity (Wildman–Crippen MR) is 133 cm³/mol. The molecule has 3 N–H and O–H groups in total. The van der Waals surface area contributed by atoms with Gasteiger partial charge in [0, 0.05) is 19.2 Å². The number of alkyl halides is 3. The number of hydrogen-bond donors (Lipinski definition) is 2. The standard InChI is InChI=1S/C28H21ClF5N3O/c29-21-7-9-25(36-16-21)27(14-17-4-2-1-3-5-17,19-11-20(28(32,33)34)13-22(30)12-19)37-15-18-6-8-24(31)23(10-18)26(35)38/h1-13,16,37H,14-15H2,(H2,35,38)/t27-/m0/s1. The van der Waals surface area contributed by atoms with E-state index in [1.54, 1.807) is 30.3 Å². The molecule has 4 aromatic rings. The smallest absolute Gasteiger partial charge is 0.366 e. The second kappa shape index (κ2) is 10.9. The topological polar surface area (TPSA) is 68.0 Å². The molecular formula is C28H21ClF5N3O. The average Bonchev–Trinajstić information content (AvgIpc) is 2.87. The Morgan fingerprint density at radius 1 is 0.895 bits per heavy atom. The summed E-state index contributed by atoms with van der Waals surface area (Å²) in [4.78, 5) is 16.0. The van der Waals surface area contributed by atoms with Gasteiger partial charge in [0.2, 0.25) is 0 Å². The number of hydrogen-bond acceptors (Lipinski definition) is 3. The molecule has 10 heteroatoms. The monoisotopic (exact) mass is 545 g/mol. The first-order valence-corrected chi connectivity index (χ1v) is 11.7. The number of aromatic nitrogens is 1. The highest BCUT2D eigenvalue weighted by molar-refractivity contribution is 6.30. The summed E-state index contributed by atoms with van der Waals surface area (Å²) in [5.74, 6) is -2.86. The summed E-state index contributed by atoms with van der Waals surface area (Å²) in [5, 5.41) is 3.52. The molecule has 1 aromatic heterocycles. The van der Waals surface area contributed by atoms with Crippen LogP contribution in [0.5, 0.6) is 0 Å². The largest absolute Gasteiger partial charge is 0.416 e. The molecular weight excluding hydrogens is 525 g/mol. The lowest BCUT2D eigenvalue weighted by atomic mass is 9.79. The molecule has 1 heterocycles.